The molecule has 26 heavy (non-hydrogen) atoms. The van der Waals surface area contributed by atoms with Crippen LogP contribution in [0, 0.1) is 10.1 Å². The Morgan fingerprint density at radius 3 is 2.81 bits per heavy atom. The summed E-state index contributed by atoms with van der Waals surface area (Å²) in [7, 11) is 1.31. The number of rotatable bonds is 6. The topological polar surface area (TPSA) is 118 Å². The van der Waals surface area contributed by atoms with Gasteiger partial charge >= 0.3 is 11.7 Å². The van der Waals surface area contributed by atoms with Crippen LogP contribution in [0.15, 0.2) is 40.1 Å². The van der Waals surface area contributed by atoms with Gasteiger partial charge in [0.15, 0.2) is 11.9 Å². The number of aromatic nitrogens is 2. The highest BCUT2D eigenvalue weighted by Gasteiger charge is 2.23. The number of hydrogen-bond donors (Lipinski definition) is 0. The molecule has 0 spiro atoms. The zero-order valence-corrected chi connectivity index (χ0v) is 14.6. The maximum Gasteiger partial charge on any atom is 0.339 e. The van der Waals surface area contributed by atoms with Gasteiger partial charge in [0.05, 0.1) is 22.5 Å². The average Bonchev–Trinajstić information content (AvgIpc) is 3.32. The van der Waals surface area contributed by atoms with E-state index in [0.29, 0.717) is 5.89 Å². The number of carbonyl (C=O) groups is 1. The molecule has 3 aromatic rings. The van der Waals surface area contributed by atoms with Crippen molar-refractivity contribution in [2.45, 2.75) is 13.0 Å². The van der Waals surface area contributed by atoms with E-state index in [0.717, 1.165) is 10.9 Å². The number of nitro benzene ring substituents is 1. The minimum absolute atomic E-state index is 0.0161. The van der Waals surface area contributed by atoms with Crippen LogP contribution in [0.5, 0.6) is 5.75 Å². The monoisotopic (exact) mass is 375 g/mol. The van der Waals surface area contributed by atoms with E-state index >= 15 is 0 Å². The molecule has 2 aromatic heterocycles. The van der Waals surface area contributed by atoms with E-state index in [2.05, 4.69) is 10.2 Å². The van der Waals surface area contributed by atoms with Crippen LogP contribution in [0.1, 0.15) is 29.3 Å². The molecule has 3 rings (SSSR count). The van der Waals surface area contributed by atoms with E-state index in [4.69, 9.17) is 13.9 Å². The summed E-state index contributed by atoms with van der Waals surface area (Å²) in [6.07, 6.45) is -0.815. The summed E-state index contributed by atoms with van der Waals surface area (Å²) in [5.41, 5.74) is -0.310. The first kappa shape index (κ1) is 17.5. The SMILES string of the molecule is COc1ccc(C(=O)O[C@H](C)c2nnc(-c3cccs3)o2)cc1[N+](=O)[O-]. The molecule has 134 valence electrons. The van der Waals surface area contributed by atoms with Crippen LogP contribution in [-0.2, 0) is 4.74 Å². The minimum Gasteiger partial charge on any atom is -0.490 e. The van der Waals surface area contributed by atoms with Crippen molar-refractivity contribution >= 4 is 23.0 Å². The summed E-state index contributed by atoms with van der Waals surface area (Å²) in [5.74, 6) is -0.237. The first-order valence-corrected chi connectivity index (χ1v) is 8.28. The number of benzene rings is 1. The molecule has 0 amide bonds. The summed E-state index contributed by atoms with van der Waals surface area (Å²) < 4.78 is 15.7. The average molecular weight is 375 g/mol. The van der Waals surface area contributed by atoms with Gasteiger partial charge in [0.25, 0.3) is 11.8 Å². The number of nitro groups is 1. The molecule has 0 saturated carbocycles. The number of carbonyl (C=O) groups excluding carboxylic acids is 1. The molecule has 10 heteroatoms. The van der Waals surface area contributed by atoms with Gasteiger partial charge in [-0.1, -0.05) is 6.07 Å². The number of esters is 1. The van der Waals surface area contributed by atoms with Crippen molar-refractivity contribution in [2.75, 3.05) is 7.11 Å². The zero-order chi connectivity index (χ0) is 18.7. The summed E-state index contributed by atoms with van der Waals surface area (Å²) in [6.45, 7) is 1.57. The predicted molar refractivity (Wildman–Crippen MR) is 91.1 cm³/mol. The molecule has 9 nitrogen and oxygen atoms in total. The molecule has 0 aliphatic heterocycles. The van der Waals surface area contributed by atoms with Crippen LogP contribution < -0.4 is 4.74 Å². The fourth-order valence-electron chi connectivity index (χ4n) is 2.14. The highest BCUT2D eigenvalue weighted by Crippen LogP contribution is 2.29. The van der Waals surface area contributed by atoms with Crippen LogP contribution in [0.25, 0.3) is 10.8 Å². The summed E-state index contributed by atoms with van der Waals surface area (Å²) in [4.78, 5) is 23.5. The van der Waals surface area contributed by atoms with E-state index in [1.54, 1.807) is 6.92 Å². The smallest absolute Gasteiger partial charge is 0.339 e. The summed E-state index contributed by atoms with van der Waals surface area (Å²) >= 11 is 1.44. The molecule has 0 N–H and O–H groups in total. The quantitative estimate of drug-likeness (QED) is 0.364. The highest BCUT2D eigenvalue weighted by molar-refractivity contribution is 7.13. The van der Waals surface area contributed by atoms with E-state index in [1.807, 2.05) is 17.5 Å². The van der Waals surface area contributed by atoms with Crippen molar-refractivity contribution in [3.05, 3.63) is 57.3 Å². The molecule has 0 fully saturated rings. The fourth-order valence-corrected chi connectivity index (χ4v) is 2.78. The predicted octanol–water partition coefficient (Wildman–Crippen LogP) is 3.63. The molecule has 0 unspecified atom stereocenters. The standard InChI is InChI=1S/C16H13N3O6S/c1-9(14-17-18-15(25-14)13-4-3-7-26-13)24-16(20)10-5-6-12(23-2)11(8-10)19(21)22/h3-9H,1-2H3/t9-/m1/s1. The Kier molecular flexibility index (Phi) is 4.94. The Morgan fingerprint density at radius 2 is 2.15 bits per heavy atom. The maximum absolute atomic E-state index is 12.3. The van der Waals surface area contributed by atoms with Gasteiger partial charge in [0, 0.05) is 6.07 Å². The van der Waals surface area contributed by atoms with Crippen LogP contribution in [0.2, 0.25) is 0 Å². The van der Waals surface area contributed by atoms with E-state index in [9.17, 15) is 14.9 Å². The molecule has 0 saturated heterocycles. The molecule has 1 atom stereocenters. The molecule has 0 radical (unpaired) electrons. The first-order chi connectivity index (χ1) is 12.5. The normalized spacial score (nSPS) is 11.8. The lowest BCUT2D eigenvalue weighted by Gasteiger charge is -2.10. The second kappa shape index (κ2) is 7.31. The van der Waals surface area contributed by atoms with E-state index < -0.39 is 17.0 Å². The first-order valence-electron chi connectivity index (χ1n) is 7.40. The second-order valence-electron chi connectivity index (χ2n) is 5.11. The van der Waals surface area contributed by atoms with Gasteiger partial charge in [-0.2, -0.15) is 0 Å². The summed E-state index contributed by atoms with van der Waals surface area (Å²) in [5, 5.41) is 20.7. The van der Waals surface area contributed by atoms with Gasteiger partial charge in [-0.05, 0) is 30.5 Å². The fraction of sp³-hybridized carbons (Fsp3) is 0.188. The van der Waals surface area contributed by atoms with Crippen LogP contribution >= 0.6 is 11.3 Å². The van der Waals surface area contributed by atoms with Gasteiger partial charge in [0.2, 0.25) is 0 Å². The molecule has 2 heterocycles. The van der Waals surface area contributed by atoms with Gasteiger partial charge < -0.3 is 13.9 Å². The second-order valence-corrected chi connectivity index (χ2v) is 6.06. The van der Waals surface area contributed by atoms with Crippen molar-refractivity contribution in [2.24, 2.45) is 0 Å². The number of thiophene rings is 1. The molecule has 0 bridgehead atoms. The molecular weight excluding hydrogens is 362 g/mol. The van der Waals surface area contributed by atoms with Gasteiger partial charge in [-0.25, -0.2) is 4.79 Å². The van der Waals surface area contributed by atoms with Crippen molar-refractivity contribution in [1.29, 1.82) is 0 Å². The number of nitrogens with zero attached hydrogens (tertiary/aromatic N) is 3. The molecule has 0 aliphatic rings. The van der Waals surface area contributed by atoms with Crippen LogP contribution in [0.3, 0.4) is 0 Å². The number of ether oxygens (including phenoxy) is 2. The van der Waals surface area contributed by atoms with Crippen LogP contribution in [-0.4, -0.2) is 28.2 Å². The van der Waals surface area contributed by atoms with Crippen molar-refractivity contribution in [3.63, 3.8) is 0 Å². The summed E-state index contributed by atoms with van der Waals surface area (Å²) in [6, 6.07) is 7.49. The van der Waals surface area contributed by atoms with Crippen molar-refractivity contribution in [1.82, 2.24) is 10.2 Å². The maximum atomic E-state index is 12.3. The largest absolute Gasteiger partial charge is 0.490 e. The molecule has 1 aromatic carbocycles. The van der Waals surface area contributed by atoms with Crippen molar-refractivity contribution < 1.29 is 23.6 Å². The lowest BCUT2D eigenvalue weighted by atomic mass is 10.2. The molecule has 0 aliphatic carbocycles. The Hall–Kier alpha value is -3.27. The van der Waals surface area contributed by atoms with Gasteiger partial charge in [-0.3, -0.25) is 10.1 Å². The Morgan fingerprint density at radius 1 is 1.35 bits per heavy atom. The third-order valence-corrected chi connectivity index (χ3v) is 4.27. The van der Waals surface area contributed by atoms with E-state index in [1.165, 1.54) is 30.6 Å². The lowest BCUT2D eigenvalue weighted by molar-refractivity contribution is -0.385. The third kappa shape index (κ3) is 3.54. The van der Waals surface area contributed by atoms with Crippen molar-refractivity contribution in [3.8, 4) is 16.5 Å². The lowest BCUT2D eigenvalue weighted by Crippen LogP contribution is -2.10. The van der Waals surface area contributed by atoms with Gasteiger partial charge in [-0.15, -0.1) is 21.5 Å². The third-order valence-electron chi connectivity index (χ3n) is 3.42. The highest BCUT2D eigenvalue weighted by atomic mass is 32.1. The minimum atomic E-state index is -0.815. The van der Waals surface area contributed by atoms with E-state index in [-0.39, 0.29) is 22.9 Å². The van der Waals surface area contributed by atoms with Gasteiger partial charge in [0.1, 0.15) is 0 Å². The Balaban J connectivity index is 1.75. The molecular formula is C16H13N3O6S. The van der Waals surface area contributed by atoms with Crippen LogP contribution in [0.4, 0.5) is 5.69 Å². The Bertz CT molecular complexity index is 937. The zero-order valence-electron chi connectivity index (χ0n) is 13.7. The Labute approximate surface area is 151 Å². The number of hydrogen-bond acceptors (Lipinski definition) is 9. The number of methoxy groups -OCH3 is 1.